The van der Waals surface area contributed by atoms with Gasteiger partial charge in [0.25, 0.3) is 5.91 Å². The molecule has 6 nitrogen and oxygen atoms in total. The smallest absolute Gasteiger partial charge is 0.337 e. The van der Waals surface area contributed by atoms with Gasteiger partial charge in [0.1, 0.15) is 0 Å². The van der Waals surface area contributed by atoms with Gasteiger partial charge in [0.2, 0.25) is 5.41 Å². The van der Waals surface area contributed by atoms with Crippen LogP contribution in [0.15, 0.2) is 52.7 Å². The van der Waals surface area contributed by atoms with E-state index in [1.54, 1.807) is 6.92 Å². The van der Waals surface area contributed by atoms with Gasteiger partial charge in [-0.05, 0) is 39.2 Å². The summed E-state index contributed by atoms with van der Waals surface area (Å²) in [6, 6.07) is 9.60. The molecule has 1 spiro atoms. The molecule has 0 N–H and O–H groups in total. The third kappa shape index (κ3) is 2.63. The second-order valence-corrected chi connectivity index (χ2v) is 7.05. The molecule has 1 aromatic rings. The van der Waals surface area contributed by atoms with Gasteiger partial charge in [-0.2, -0.15) is 0 Å². The number of benzene rings is 1. The summed E-state index contributed by atoms with van der Waals surface area (Å²) < 4.78 is 5.16. The lowest BCUT2D eigenvalue weighted by Gasteiger charge is -2.21. The van der Waals surface area contributed by atoms with Crippen molar-refractivity contribution in [3.63, 3.8) is 0 Å². The molecule has 1 aliphatic heterocycles. The minimum absolute atomic E-state index is 0.0794. The molecule has 0 fully saturated rings. The highest BCUT2D eigenvalue weighted by Crippen LogP contribution is 2.49. The molecule has 0 radical (unpaired) electrons. The van der Waals surface area contributed by atoms with Crippen molar-refractivity contribution in [2.75, 3.05) is 13.7 Å². The van der Waals surface area contributed by atoms with E-state index in [9.17, 15) is 19.2 Å². The summed E-state index contributed by atoms with van der Waals surface area (Å²) in [5, 5.41) is 0. The van der Waals surface area contributed by atoms with Crippen LogP contribution in [0.5, 0.6) is 0 Å². The molecule has 0 atom stereocenters. The van der Waals surface area contributed by atoms with E-state index in [0.29, 0.717) is 18.5 Å². The number of carbonyl (C=O) groups is 4. The first-order chi connectivity index (χ1) is 13.3. The van der Waals surface area contributed by atoms with Crippen LogP contribution in [-0.2, 0) is 30.3 Å². The number of allylic oxidation sites excluding steroid dienone is 3. The van der Waals surface area contributed by atoms with Gasteiger partial charge in [-0.3, -0.25) is 14.4 Å². The average molecular weight is 381 g/mol. The molecule has 3 rings (SSSR count). The summed E-state index contributed by atoms with van der Waals surface area (Å²) in [6.45, 7) is 4.75. The van der Waals surface area contributed by atoms with Crippen LogP contribution in [0.1, 0.15) is 32.8 Å². The second kappa shape index (κ2) is 7.19. The maximum Gasteiger partial charge on any atom is 0.337 e. The normalized spacial score (nSPS) is 18.7. The van der Waals surface area contributed by atoms with Crippen LogP contribution >= 0.6 is 0 Å². The van der Waals surface area contributed by atoms with Crippen molar-refractivity contribution in [1.29, 1.82) is 0 Å². The monoisotopic (exact) mass is 381 g/mol. The minimum Gasteiger partial charge on any atom is -0.463 e. The van der Waals surface area contributed by atoms with E-state index in [1.807, 2.05) is 30.3 Å². The first-order valence-electron chi connectivity index (χ1n) is 9.28. The molecule has 0 bridgehead atoms. The first-order valence-corrected chi connectivity index (χ1v) is 9.28. The third-order valence-corrected chi connectivity index (χ3v) is 5.59. The predicted octanol–water partition coefficient (Wildman–Crippen LogP) is 2.38. The number of ketones is 2. The number of aryl methyl sites for hydroxylation is 1. The Kier molecular flexibility index (Phi) is 5.06. The average Bonchev–Trinajstić information content (AvgIpc) is 3.02. The number of nitrogens with zero attached hydrogens (tertiary/aromatic N) is 1. The topological polar surface area (TPSA) is 80.8 Å². The Morgan fingerprint density at radius 2 is 1.57 bits per heavy atom. The summed E-state index contributed by atoms with van der Waals surface area (Å²) in [7, 11) is 1.50. The van der Waals surface area contributed by atoms with Crippen molar-refractivity contribution in [3.05, 3.63) is 58.3 Å². The maximum absolute atomic E-state index is 13.2. The molecular formula is C22H23NO5. The van der Waals surface area contributed by atoms with E-state index in [2.05, 4.69) is 0 Å². The van der Waals surface area contributed by atoms with Gasteiger partial charge in [-0.25, -0.2) is 4.79 Å². The zero-order valence-corrected chi connectivity index (χ0v) is 16.5. The molecule has 28 heavy (non-hydrogen) atoms. The fourth-order valence-electron chi connectivity index (χ4n) is 3.97. The zero-order chi connectivity index (χ0) is 20.6. The number of Topliss-reactive ketones (excluding diaryl/α,β-unsaturated/α-hetero) is 2. The van der Waals surface area contributed by atoms with Crippen LogP contribution in [0.25, 0.3) is 0 Å². The lowest BCUT2D eigenvalue weighted by atomic mass is 9.75. The molecule has 0 aromatic heterocycles. The van der Waals surface area contributed by atoms with Crippen molar-refractivity contribution >= 4 is 23.4 Å². The van der Waals surface area contributed by atoms with Crippen molar-refractivity contribution < 1.29 is 23.9 Å². The van der Waals surface area contributed by atoms with Gasteiger partial charge in [0, 0.05) is 23.9 Å². The molecule has 1 amide bonds. The van der Waals surface area contributed by atoms with Crippen LogP contribution in [0, 0.1) is 5.41 Å². The number of amides is 1. The third-order valence-electron chi connectivity index (χ3n) is 5.59. The van der Waals surface area contributed by atoms with Crippen LogP contribution in [0.2, 0.25) is 0 Å². The highest BCUT2D eigenvalue weighted by atomic mass is 16.5. The van der Waals surface area contributed by atoms with Gasteiger partial charge < -0.3 is 9.64 Å². The fraction of sp³-hybridized carbons (Fsp3) is 0.364. The van der Waals surface area contributed by atoms with Crippen molar-refractivity contribution in [3.8, 4) is 0 Å². The van der Waals surface area contributed by atoms with Gasteiger partial charge in [0.05, 0.1) is 12.2 Å². The molecule has 1 heterocycles. The lowest BCUT2D eigenvalue weighted by Crippen LogP contribution is -2.47. The Bertz CT molecular complexity index is 915. The summed E-state index contributed by atoms with van der Waals surface area (Å²) in [5.41, 5.74) is -0.410. The van der Waals surface area contributed by atoms with E-state index in [4.69, 9.17) is 4.74 Å². The van der Waals surface area contributed by atoms with E-state index in [1.165, 1.54) is 25.8 Å². The quantitative estimate of drug-likeness (QED) is 0.578. The summed E-state index contributed by atoms with van der Waals surface area (Å²) in [5.74, 6) is -2.70. The molecular weight excluding hydrogens is 358 g/mol. The fourth-order valence-corrected chi connectivity index (χ4v) is 3.97. The van der Waals surface area contributed by atoms with Crippen LogP contribution < -0.4 is 0 Å². The van der Waals surface area contributed by atoms with Crippen molar-refractivity contribution in [2.24, 2.45) is 5.41 Å². The first kappa shape index (κ1) is 19.7. The van der Waals surface area contributed by atoms with Crippen molar-refractivity contribution in [2.45, 2.75) is 33.6 Å². The van der Waals surface area contributed by atoms with Crippen molar-refractivity contribution in [1.82, 2.24) is 4.90 Å². The highest BCUT2D eigenvalue weighted by Gasteiger charge is 2.67. The van der Waals surface area contributed by atoms with Gasteiger partial charge in [0.15, 0.2) is 11.6 Å². The molecule has 146 valence electrons. The second-order valence-electron chi connectivity index (χ2n) is 7.05. The number of hydrogen-bond acceptors (Lipinski definition) is 5. The van der Waals surface area contributed by atoms with E-state index >= 15 is 0 Å². The molecule has 0 saturated heterocycles. The molecule has 1 aliphatic carbocycles. The van der Waals surface area contributed by atoms with Gasteiger partial charge in [-0.1, -0.05) is 30.3 Å². The molecule has 1 aromatic carbocycles. The summed E-state index contributed by atoms with van der Waals surface area (Å²) in [6.07, 6.45) is 0.890. The predicted molar refractivity (Wildman–Crippen MR) is 102 cm³/mol. The molecule has 2 aliphatic rings. The van der Waals surface area contributed by atoms with Crippen LogP contribution in [-0.4, -0.2) is 42.0 Å². The van der Waals surface area contributed by atoms with Crippen LogP contribution in [0.4, 0.5) is 0 Å². The Labute approximate surface area is 163 Å². The number of ether oxygens (including phenoxy) is 1. The highest BCUT2D eigenvalue weighted by molar-refractivity contribution is 6.43. The summed E-state index contributed by atoms with van der Waals surface area (Å²) in [4.78, 5) is 53.5. The number of carbonyl (C=O) groups excluding carboxylic acids is 4. The SMILES string of the molecule is CCOC(=O)C1=C(CCc2ccccc2)N(C)C(=O)C12C(=O)C(C)=C(C)C2=O. The Balaban J connectivity index is 2.13. The molecule has 6 heteroatoms. The lowest BCUT2D eigenvalue weighted by molar-refractivity contribution is -0.150. The number of hydrogen-bond donors (Lipinski definition) is 0. The van der Waals surface area contributed by atoms with Gasteiger partial charge >= 0.3 is 5.97 Å². The molecule has 0 saturated carbocycles. The number of esters is 1. The number of rotatable bonds is 5. The Hall–Kier alpha value is -3.02. The largest absolute Gasteiger partial charge is 0.463 e. The Morgan fingerprint density at radius 3 is 2.11 bits per heavy atom. The van der Waals surface area contributed by atoms with E-state index < -0.39 is 28.9 Å². The van der Waals surface area contributed by atoms with E-state index in [0.717, 1.165) is 5.56 Å². The van der Waals surface area contributed by atoms with Crippen LogP contribution in [0.3, 0.4) is 0 Å². The minimum atomic E-state index is -2.12. The summed E-state index contributed by atoms with van der Waals surface area (Å²) >= 11 is 0. The zero-order valence-electron chi connectivity index (χ0n) is 16.5. The maximum atomic E-state index is 13.2. The molecule has 0 unspecified atom stereocenters. The van der Waals surface area contributed by atoms with E-state index in [-0.39, 0.29) is 23.3 Å². The Morgan fingerprint density at radius 1 is 1.00 bits per heavy atom. The van der Waals surface area contributed by atoms with Gasteiger partial charge in [-0.15, -0.1) is 0 Å². The standard InChI is InChI=1S/C22H23NO5/c1-5-28-20(26)17-16(12-11-15-9-7-6-8-10-15)23(4)21(27)22(17)18(24)13(2)14(3)19(22)25/h6-10H,5,11-12H2,1-4H3.